The molecule has 1 aliphatic carbocycles. The van der Waals surface area contributed by atoms with E-state index in [2.05, 4.69) is 24.0 Å². The molecule has 1 aliphatic rings. The Kier molecular flexibility index (Phi) is 3.32. The van der Waals surface area contributed by atoms with Gasteiger partial charge in [0.1, 0.15) is 5.01 Å². The maximum Gasteiger partial charge on any atom is 0.229 e. The Morgan fingerprint density at radius 2 is 1.71 bits per heavy atom. The van der Waals surface area contributed by atoms with Gasteiger partial charge in [0.25, 0.3) is 0 Å². The molecule has 3 aromatic rings. The summed E-state index contributed by atoms with van der Waals surface area (Å²) in [5, 5.41) is 2.91. The van der Waals surface area contributed by atoms with E-state index >= 15 is 0 Å². The molecule has 1 amide bonds. The molecule has 4 rings (SSSR count). The van der Waals surface area contributed by atoms with Gasteiger partial charge in [-0.1, -0.05) is 67.6 Å². The van der Waals surface area contributed by atoms with Gasteiger partial charge in [0.2, 0.25) is 5.91 Å². The predicted molar refractivity (Wildman–Crippen MR) is 96.0 cm³/mol. The fourth-order valence-corrected chi connectivity index (χ4v) is 5.22. The monoisotopic (exact) mass is 334 g/mol. The van der Waals surface area contributed by atoms with Crippen LogP contribution in [0.25, 0.3) is 0 Å². The van der Waals surface area contributed by atoms with E-state index in [4.69, 9.17) is 5.73 Å². The van der Waals surface area contributed by atoms with E-state index in [9.17, 15) is 4.79 Å². The van der Waals surface area contributed by atoms with Crippen molar-refractivity contribution in [3.05, 3.63) is 88.4 Å². The Bertz CT molecular complexity index is 863. The standard InChI is InChI=1S/C20H18N2OS/c1-19(18-22-12-13-24-18)16(14-8-4-2-5-9-14)20(19,17(21)23)15-10-6-3-7-11-15/h2-13,16H,1H3,(H2,21,23). The topological polar surface area (TPSA) is 56.0 Å². The Hall–Kier alpha value is -2.46. The van der Waals surface area contributed by atoms with Gasteiger partial charge in [-0.3, -0.25) is 4.79 Å². The summed E-state index contributed by atoms with van der Waals surface area (Å²) < 4.78 is 0. The summed E-state index contributed by atoms with van der Waals surface area (Å²) >= 11 is 1.59. The van der Waals surface area contributed by atoms with Crippen LogP contribution in [0, 0.1) is 0 Å². The zero-order chi connectivity index (χ0) is 16.8. The Labute approximate surface area is 145 Å². The highest BCUT2D eigenvalue weighted by Crippen LogP contribution is 2.74. The molecule has 0 aliphatic heterocycles. The van der Waals surface area contributed by atoms with Crippen LogP contribution in [0.15, 0.2) is 72.2 Å². The summed E-state index contributed by atoms with van der Waals surface area (Å²) in [6.07, 6.45) is 1.79. The van der Waals surface area contributed by atoms with Crippen LogP contribution in [-0.4, -0.2) is 10.9 Å². The van der Waals surface area contributed by atoms with Crippen LogP contribution in [-0.2, 0) is 15.6 Å². The Morgan fingerprint density at radius 1 is 1.08 bits per heavy atom. The molecule has 1 saturated carbocycles. The lowest BCUT2D eigenvalue weighted by molar-refractivity contribution is -0.121. The highest BCUT2D eigenvalue weighted by Gasteiger charge is 2.80. The minimum absolute atomic E-state index is 0.0164. The first-order chi connectivity index (χ1) is 11.6. The molecule has 4 heteroatoms. The second kappa shape index (κ2) is 5.28. The number of nitrogens with two attached hydrogens (primary N) is 1. The quantitative estimate of drug-likeness (QED) is 0.792. The van der Waals surface area contributed by atoms with Gasteiger partial charge in [-0.15, -0.1) is 11.3 Å². The lowest BCUT2D eigenvalue weighted by Crippen LogP contribution is -2.35. The number of thiazole rings is 1. The summed E-state index contributed by atoms with van der Waals surface area (Å²) in [6.45, 7) is 2.11. The van der Waals surface area contributed by atoms with Crippen molar-refractivity contribution in [1.82, 2.24) is 4.98 Å². The molecule has 120 valence electrons. The minimum atomic E-state index is -0.770. The lowest BCUT2D eigenvalue weighted by atomic mass is 9.86. The van der Waals surface area contributed by atoms with Gasteiger partial charge in [-0.05, 0) is 11.1 Å². The third-order valence-corrected chi connectivity index (χ3v) is 6.38. The summed E-state index contributed by atoms with van der Waals surface area (Å²) in [4.78, 5) is 17.3. The molecule has 1 fully saturated rings. The molecule has 2 N–H and O–H groups in total. The summed E-state index contributed by atoms with van der Waals surface area (Å²) in [5.74, 6) is -0.308. The van der Waals surface area contributed by atoms with Crippen LogP contribution in [0.1, 0.15) is 29.0 Å². The molecule has 0 saturated heterocycles. The SMILES string of the molecule is CC1(c2nccs2)C(c2ccccc2)C1(C(N)=O)c1ccccc1. The van der Waals surface area contributed by atoms with Crippen LogP contribution >= 0.6 is 11.3 Å². The van der Waals surface area contributed by atoms with Gasteiger partial charge in [0.05, 0.1) is 5.41 Å². The molecule has 1 heterocycles. The number of carbonyl (C=O) groups excluding carboxylic acids is 1. The largest absolute Gasteiger partial charge is 0.369 e. The fraction of sp³-hybridized carbons (Fsp3) is 0.200. The molecule has 3 nitrogen and oxygen atoms in total. The Morgan fingerprint density at radius 3 is 2.25 bits per heavy atom. The van der Waals surface area contributed by atoms with E-state index in [1.54, 1.807) is 17.5 Å². The highest BCUT2D eigenvalue weighted by molar-refractivity contribution is 7.09. The summed E-state index contributed by atoms with van der Waals surface area (Å²) in [7, 11) is 0. The van der Waals surface area contributed by atoms with Crippen molar-refractivity contribution < 1.29 is 4.79 Å². The van der Waals surface area contributed by atoms with Crippen LogP contribution in [0.4, 0.5) is 0 Å². The number of amides is 1. The van der Waals surface area contributed by atoms with Crippen molar-refractivity contribution in [2.75, 3.05) is 0 Å². The zero-order valence-corrected chi connectivity index (χ0v) is 14.2. The van der Waals surface area contributed by atoms with Crippen LogP contribution in [0.3, 0.4) is 0 Å². The third-order valence-electron chi connectivity index (χ3n) is 5.37. The van der Waals surface area contributed by atoms with Gasteiger partial charge in [0.15, 0.2) is 0 Å². The lowest BCUT2D eigenvalue weighted by Gasteiger charge is -2.18. The van der Waals surface area contributed by atoms with E-state index in [1.165, 1.54) is 0 Å². The van der Waals surface area contributed by atoms with Crippen LogP contribution in [0.5, 0.6) is 0 Å². The van der Waals surface area contributed by atoms with Crippen molar-refractivity contribution in [3.63, 3.8) is 0 Å². The van der Waals surface area contributed by atoms with Crippen molar-refractivity contribution in [2.45, 2.75) is 23.7 Å². The highest BCUT2D eigenvalue weighted by atomic mass is 32.1. The molecule has 3 unspecified atom stereocenters. The number of nitrogens with zero attached hydrogens (tertiary/aromatic N) is 1. The van der Waals surface area contributed by atoms with Gasteiger partial charge in [0, 0.05) is 22.9 Å². The van der Waals surface area contributed by atoms with Crippen molar-refractivity contribution in [3.8, 4) is 0 Å². The first-order valence-electron chi connectivity index (χ1n) is 7.94. The number of primary amides is 1. The predicted octanol–water partition coefficient (Wildman–Crippen LogP) is 3.62. The van der Waals surface area contributed by atoms with Crippen molar-refractivity contribution in [1.29, 1.82) is 0 Å². The van der Waals surface area contributed by atoms with E-state index < -0.39 is 10.8 Å². The van der Waals surface area contributed by atoms with Crippen molar-refractivity contribution >= 4 is 17.2 Å². The molecule has 1 aromatic heterocycles. The maximum absolute atomic E-state index is 12.8. The molecule has 0 radical (unpaired) electrons. The fourth-order valence-electron chi connectivity index (χ4n) is 4.33. The van der Waals surface area contributed by atoms with Crippen molar-refractivity contribution in [2.24, 2.45) is 5.73 Å². The molecule has 24 heavy (non-hydrogen) atoms. The van der Waals surface area contributed by atoms with Gasteiger partial charge in [-0.25, -0.2) is 4.98 Å². The molecule has 0 spiro atoms. The van der Waals surface area contributed by atoms with Crippen LogP contribution < -0.4 is 5.73 Å². The number of hydrogen-bond donors (Lipinski definition) is 1. The van der Waals surface area contributed by atoms with Gasteiger partial charge >= 0.3 is 0 Å². The smallest absolute Gasteiger partial charge is 0.229 e. The maximum atomic E-state index is 12.8. The number of benzene rings is 2. The van der Waals surface area contributed by atoms with E-state index in [0.717, 1.165) is 16.1 Å². The number of rotatable bonds is 4. The minimum Gasteiger partial charge on any atom is -0.369 e. The van der Waals surface area contributed by atoms with Gasteiger partial charge in [-0.2, -0.15) is 0 Å². The first-order valence-corrected chi connectivity index (χ1v) is 8.81. The number of carbonyl (C=O) groups is 1. The Balaban J connectivity index is 1.98. The molecule has 3 atom stereocenters. The third kappa shape index (κ3) is 1.77. The first kappa shape index (κ1) is 15.1. The second-order valence-electron chi connectivity index (χ2n) is 6.42. The molecule has 0 bridgehead atoms. The zero-order valence-electron chi connectivity index (χ0n) is 13.3. The molecule has 2 aromatic carbocycles. The van der Waals surface area contributed by atoms with E-state index in [1.807, 2.05) is 53.9 Å². The van der Waals surface area contributed by atoms with Gasteiger partial charge < -0.3 is 5.73 Å². The second-order valence-corrected chi connectivity index (χ2v) is 7.32. The number of aromatic nitrogens is 1. The van der Waals surface area contributed by atoms with E-state index in [-0.39, 0.29) is 11.8 Å². The molecular formula is C20H18N2OS. The molecular weight excluding hydrogens is 316 g/mol. The normalized spacial score (nSPS) is 28.5. The van der Waals surface area contributed by atoms with E-state index in [0.29, 0.717) is 0 Å². The average molecular weight is 334 g/mol. The average Bonchev–Trinajstić information content (AvgIpc) is 2.94. The summed E-state index contributed by atoms with van der Waals surface area (Å²) in [5.41, 5.74) is 6.89. The number of hydrogen-bond acceptors (Lipinski definition) is 3. The summed E-state index contributed by atoms with van der Waals surface area (Å²) in [6, 6.07) is 20.0. The van der Waals surface area contributed by atoms with Crippen LogP contribution in [0.2, 0.25) is 0 Å².